The fourth-order valence-corrected chi connectivity index (χ4v) is 3.71. The Morgan fingerprint density at radius 1 is 1.32 bits per heavy atom. The van der Waals surface area contributed by atoms with E-state index in [1.54, 1.807) is 0 Å². The zero-order valence-corrected chi connectivity index (χ0v) is 12.2. The summed E-state index contributed by atoms with van der Waals surface area (Å²) < 4.78 is 13.4. The van der Waals surface area contributed by atoms with Gasteiger partial charge >= 0.3 is 0 Å². The Labute approximate surface area is 118 Å². The van der Waals surface area contributed by atoms with Crippen molar-refractivity contribution in [2.45, 2.75) is 43.4 Å². The van der Waals surface area contributed by atoms with Gasteiger partial charge in [0.2, 0.25) is 0 Å². The van der Waals surface area contributed by atoms with E-state index < -0.39 is 0 Å². The van der Waals surface area contributed by atoms with E-state index in [1.807, 2.05) is 11.8 Å². The average molecular weight is 283 g/mol. The Morgan fingerprint density at radius 2 is 2.05 bits per heavy atom. The average Bonchev–Trinajstić information content (AvgIpc) is 2.44. The van der Waals surface area contributed by atoms with Crippen molar-refractivity contribution in [3.8, 4) is 5.75 Å². The van der Waals surface area contributed by atoms with Crippen LogP contribution in [0.1, 0.15) is 37.7 Å². The molecule has 0 atom stereocenters. The summed E-state index contributed by atoms with van der Waals surface area (Å²) in [4.78, 5) is 0. The smallest absolute Gasteiger partial charge is 0.123 e. The summed E-state index contributed by atoms with van der Waals surface area (Å²) in [6.45, 7) is 1.44. The monoisotopic (exact) mass is 283 g/mol. The number of phenols is 1. The van der Waals surface area contributed by atoms with E-state index in [0.29, 0.717) is 16.9 Å². The molecule has 19 heavy (non-hydrogen) atoms. The molecule has 1 aliphatic carbocycles. The lowest BCUT2D eigenvalue weighted by molar-refractivity contribution is 0.377. The van der Waals surface area contributed by atoms with Crippen LogP contribution in [-0.2, 0) is 6.54 Å². The molecule has 2 rings (SSSR count). The molecule has 0 radical (unpaired) electrons. The maximum absolute atomic E-state index is 13.1. The third-order valence-corrected chi connectivity index (χ3v) is 5.42. The summed E-state index contributed by atoms with van der Waals surface area (Å²) in [6, 6.07) is 4.09. The van der Waals surface area contributed by atoms with Gasteiger partial charge in [0.25, 0.3) is 0 Å². The van der Waals surface area contributed by atoms with Crippen molar-refractivity contribution in [1.82, 2.24) is 5.32 Å². The standard InChI is InChI=1S/C15H22FNOS/c1-19-15(7-3-2-4-8-15)11-17-10-12-9-13(16)5-6-14(12)18/h5-6,9,17-18H,2-4,7-8,10-11H2,1H3. The van der Waals surface area contributed by atoms with Crippen molar-refractivity contribution in [3.63, 3.8) is 0 Å². The number of halogens is 1. The number of benzene rings is 1. The molecular weight excluding hydrogens is 261 g/mol. The molecule has 0 saturated heterocycles. The first-order valence-corrected chi connectivity index (χ1v) is 8.11. The third kappa shape index (κ3) is 3.86. The van der Waals surface area contributed by atoms with E-state index in [1.165, 1.54) is 50.3 Å². The molecule has 0 amide bonds. The van der Waals surface area contributed by atoms with Crippen LogP contribution in [0.2, 0.25) is 0 Å². The minimum Gasteiger partial charge on any atom is -0.508 e. The molecule has 0 spiro atoms. The van der Waals surface area contributed by atoms with Gasteiger partial charge < -0.3 is 10.4 Å². The highest BCUT2D eigenvalue weighted by Gasteiger charge is 2.30. The molecule has 0 bridgehead atoms. The number of thioether (sulfide) groups is 1. The van der Waals surface area contributed by atoms with E-state index >= 15 is 0 Å². The summed E-state index contributed by atoms with van der Waals surface area (Å²) >= 11 is 1.94. The number of phenolic OH excluding ortho intramolecular Hbond substituents is 1. The van der Waals surface area contributed by atoms with E-state index in [9.17, 15) is 9.50 Å². The van der Waals surface area contributed by atoms with E-state index in [0.717, 1.165) is 6.54 Å². The molecule has 0 unspecified atom stereocenters. The molecule has 0 heterocycles. The summed E-state index contributed by atoms with van der Waals surface area (Å²) in [5.41, 5.74) is 0.632. The highest BCUT2D eigenvalue weighted by molar-refractivity contribution is 8.00. The number of aromatic hydroxyl groups is 1. The van der Waals surface area contributed by atoms with Crippen molar-refractivity contribution in [2.24, 2.45) is 0 Å². The normalized spacial score (nSPS) is 18.4. The molecular formula is C15H22FNOS. The molecule has 1 fully saturated rings. The Kier molecular flexibility index (Phi) is 5.11. The molecule has 106 valence electrons. The van der Waals surface area contributed by atoms with Gasteiger partial charge in [-0.1, -0.05) is 19.3 Å². The quantitative estimate of drug-likeness (QED) is 0.864. The first-order chi connectivity index (χ1) is 9.15. The lowest BCUT2D eigenvalue weighted by Crippen LogP contribution is -2.39. The third-order valence-electron chi connectivity index (χ3n) is 4.00. The molecule has 1 aliphatic rings. The second kappa shape index (κ2) is 6.62. The fraction of sp³-hybridized carbons (Fsp3) is 0.600. The van der Waals surface area contributed by atoms with Crippen LogP contribution in [0.15, 0.2) is 18.2 Å². The Morgan fingerprint density at radius 3 is 2.74 bits per heavy atom. The maximum atomic E-state index is 13.1. The number of hydrogen-bond donors (Lipinski definition) is 2. The second-order valence-corrected chi connectivity index (χ2v) is 6.60. The summed E-state index contributed by atoms with van der Waals surface area (Å²) in [5, 5.41) is 13.1. The predicted molar refractivity (Wildman–Crippen MR) is 79.1 cm³/mol. The van der Waals surface area contributed by atoms with Crippen LogP contribution < -0.4 is 5.32 Å². The van der Waals surface area contributed by atoms with Crippen molar-refractivity contribution >= 4 is 11.8 Å². The van der Waals surface area contributed by atoms with E-state index in [-0.39, 0.29) is 11.6 Å². The molecule has 4 heteroatoms. The van der Waals surface area contributed by atoms with Gasteiger partial charge in [0.05, 0.1) is 0 Å². The van der Waals surface area contributed by atoms with Gasteiger partial charge in [-0.25, -0.2) is 4.39 Å². The van der Waals surface area contributed by atoms with Crippen LogP contribution in [0.4, 0.5) is 4.39 Å². The summed E-state index contributed by atoms with van der Waals surface area (Å²) in [6.07, 6.45) is 8.60. The highest BCUT2D eigenvalue weighted by atomic mass is 32.2. The van der Waals surface area contributed by atoms with Crippen LogP contribution in [0.5, 0.6) is 5.75 Å². The first kappa shape index (κ1) is 14.7. The van der Waals surface area contributed by atoms with Gasteiger partial charge in [0.15, 0.2) is 0 Å². The molecule has 2 N–H and O–H groups in total. The summed E-state index contributed by atoms with van der Waals surface area (Å²) in [7, 11) is 0. The molecule has 1 aromatic carbocycles. The minimum atomic E-state index is -0.299. The lowest BCUT2D eigenvalue weighted by Gasteiger charge is -2.36. The van der Waals surface area contributed by atoms with Crippen LogP contribution >= 0.6 is 11.8 Å². The van der Waals surface area contributed by atoms with E-state index in [4.69, 9.17) is 0 Å². The zero-order chi connectivity index (χ0) is 13.7. The van der Waals surface area contributed by atoms with Crippen molar-refractivity contribution in [3.05, 3.63) is 29.6 Å². The van der Waals surface area contributed by atoms with Crippen LogP contribution in [0, 0.1) is 5.82 Å². The maximum Gasteiger partial charge on any atom is 0.123 e. The number of nitrogens with one attached hydrogen (secondary N) is 1. The Hall–Kier alpha value is -0.740. The Bertz CT molecular complexity index is 419. The second-order valence-electron chi connectivity index (χ2n) is 5.32. The van der Waals surface area contributed by atoms with Crippen LogP contribution in [0.3, 0.4) is 0 Å². The molecule has 2 nitrogen and oxygen atoms in total. The van der Waals surface area contributed by atoms with Gasteiger partial charge in [0, 0.05) is 23.4 Å². The fourth-order valence-electron chi connectivity index (χ4n) is 2.77. The predicted octanol–water partition coefficient (Wildman–Crippen LogP) is 3.69. The highest BCUT2D eigenvalue weighted by Crippen LogP contribution is 2.38. The van der Waals surface area contributed by atoms with Gasteiger partial charge in [-0.3, -0.25) is 0 Å². The SMILES string of the molecule is CSC1(CNCc2cc(F)ccc2O)CCCCC1. The van der Waals surface area contributed by atoms with Crippen LogP contribution in [-0.4, -0.2) is 22.7 Å². The Balaban J connectivity index is 1.90. The minimum absolute atomic E-state index is 0.163. The van der Waals surface area contributed by atoms with Gasteiger partial charge in [0.1, 0.15) is 11.6 Å². The van der Waals surface area contributed by atoms with Crippen molar-refractivity contribution in [2.75, 3.05) is 12.8 Å². The van der Waals surface area contributed by atoms with E-state index in [2.05, 4.69) is 11.6 Å². The van der Waals surface area contributed by atoms with Gasteiger partial charge in [-0.2, -0.15) is 11.8 Å². The lowest BCUT2D eigenvalue weighted by atomic mass is 9.88. The van der Waals surface area contributed by atoms with Gasteiger partial charge in [-0.15, -0.1) is 0 Å². The van der Waals surface area contributed by atoms with Crippen molar-refractivity contribution < 1.29 is 9.50 Å². The molecule has 0 aromatic heterocycles. The topological polar surface area (TPSA) is 32.3 Å². The molecule has 0 aliphatic heterocycles. The summed E-state index contributed by atoms with van der Waals surface area (Å²) in [5.74, 6) is -0.136. The van der Waals surface area contributed by atoms with Gasteiger partial charge in [-0.05, 0) is 37.3 Å². The molecule has 1 saturated carbocycles. The zero-order valence-electron chi connectivity index (χ0n) is 11.4. The largest absolute Gasteiger partial charge is 0.508 e. The first-order valence-electron chi connectivity index (χ1n) is 6.88. The molecule has 1 aromatic rings. The number of hydrogen-bond acceptors (Lipinski definition) is 3. The van der Waals surface area contributed by atoms with Crippen LogP contribution in [0.25, 0.3) is 0 Å². The number of rotatable bonds is 5. The van der Waals surface area contributed by atoms with Crippen molar-refractivity contribution in [1.29, 1.82) is 0 Å².